The third kappa shape index (κ3) is 5.86. The fourth-order valence-corrected chi connectivity index (χ4v) is 2.40. The lowest BCUT2D eigenvalue weighted by atomic mass is 10.1. The summed E-state index contributed by atoms with van der Waals surface area (Å²) in [6.07, 6.45) is 4.19. The second-order valence-corrected chi connectivity index (χ2v) is 5.67. The van der Waals surface area contributed by atoms with Gasteiger partial charge in [0.05, 0.1) is 12.6 Å². The summed E-state index contributed by atoms with van der Waals surface area (Å²) >= 11 is 0. The predicted molar refractivity (Wildman–Crippen MR) is 100 cm³/mol. The van der Waals surface area contributed by atoms with Gasteiger partial charge in [-0.25, -0.2) is 4.79 Å². The number of pyridine rings is 1. The molecule has 0 aliphatic rings. The summed E-state index contributed by atoms with van der Waals surface area (Å²) in [5.41, 5.74) is 2.08. The van der Waals surface area contributed by atoms with E-state index >= 15 is 0 Å². The average Bonchev–Trinajstić information content (AvgIpc) is 2.67. The lowest BCUT2D eigenvalue weighted by Gasteiger charge is -2.17. The van der Waals surface area contributed by atoms with Gasteiger partial charge in [-0.1, -0.05) is 13.0 Å². The highest BCUT2D eigenvalue weighted by molar-refractivity contribution is 5.95. The summed E-state index contributed by atoms with van der Waals surface area (Å²) in [7, 11) is 1.58. The number of carbonyl (C=O) groups excluding carboxylic acids is 2. The Balaban J connectivity index is 1.89. The van der Waals surface area contributed by atoms with Crippen LogP contribution in [0.25, 0.3) is 0 Å². The van der Waals surface area contributed by atoms with E-state index in [4.69, 9.17) is 4.74 Å². The van der Waals surface area contributed by atoms with Crippen molar-refractivity contribution in [1.29, 1.82) is 0 Å². The van der Waals surface area contributed by atoms with Gasteiger partial charge in [0.25, 0.3) is 5.91 Å². The molecule has 0 radical (unpaired) electrons. The summed E-state index contributed by atoms with van der Waals surface area (Å²) in [4.78, 5) is 28.2. The normalized spacial score (nSPS) is 11.5. The molecule has 1 aromatic carbocycles. The lowest BCUT2D eigenvalue weighted by molar-refractivity contribution is 0.0937. The van der Waals surface area contributed by atoms with E-state index in [9.17, 15) is 9.59 Å². The zero-order chi connectivity index (χ0) is 18.8. The predicted octanol–water partition coefficient (Wildman–Crippen LogP) is 2.73. The molecule has 0 spiro atoms. The van der Waals surface area contributed by atoms with Gasteiger partial charge in [-0.3, -0.25) is 9.78 Å². The molecule has 2 aromatic rings. The molecule has 3 N–H and O–H groups in total. The van der Waals surface area contributed by atoms with Crippen molar-refractivity contribution < 1.29 is 14.3 Å². The molecule has 7 nitrogen and oxygen atoms in total. The van der Waals surface area contributed by atoms with Crippen LogP contribution in [-0.2, 0) is 4.74 Å². The number of amides is 3. The van der Waals surface area contributed by atoms with Crippen LogP contribution in [0.2, 0.25) is 0 Å². The lowest BCUT2D eigenvalue weighted by Crippen LogP contribution is -2.32. The third-order valence-electron chi connectivity index (χ3n) is 3.80. The summed E-state index contributed by atoms with van der Waals surface area (Å²) in [6, 6.07) is 10.1. The van der Waals surface area contributed by atoms with Gasteiger partial charge >= 0.3 is 6.03 Å². The summed E-state index contributed by atoms with van der Waals surface area (Å²) in [6.45, 7) is 2.90. The molecule has 0 fully saturated rings. The molecular weight excluding hydrogens is 332 g/mol. The topological polar surface area (TPSA) is 92.4 Å². The highest BCUT2D eigenvalue weighted by Gasteiger charge is 2.13. The van der Waals surface area contributed by atoms with Crippen LogP contribution < -0.4 is 16.0 Å². The minimum absolute atomic E-state index is 0.116. The third-order valence-corrected chi connectivity index (χ3v) is 3.80. The number of aromatic nitrogens is 1. The van der Waals surface area contributed by atoms with E-state index < -0.39 is 0 Å². The van der Waals surface area contributed by atoms with Crippen molar-refractivity contribution in [2.45, 2.75) is 19.4 Å². The van der Waals surface area contributed by atoms with Crippen molar-refractivity contribution in [3.8, 4) is 0 Å². The Morgan fingerprint density at radius 1 is 1.19 bits per heavy atom. The molecule has 2 rings (SSSR count). The Kier molecular flexibility index (Phi) is 7.57. The van der Waals surface area contributed by atoms with E-state index in [1.165, 1.54) is 0 Å². The van der Waals surface area contributed by atoms with Crippen molar-refractivity contribution in [3.63, 3.8) is 0 Å². The van der Waals surface area contributed by atoms with E-state index in [2.05, 4.69) is 20.9 Å². The zero-order valence-electron chi connectivity index (χ0n) is 15.0. The fraction of sp³-hybridized carbons (Fsp3) is 0.316. The Morgan fingerprint density at radius 3 is 2.58 bits per heavy atom. The van der Waals surface area contributed by atoms with Crippen molar-refractivity contribution in [2.75, 3.05) is 25.6 Å². The van der Waals surface area contributed by atoms with Gasteiger partial charge in [0, 0.05) is 37.3 Å². The molecule has 1 atom stereocenters. The summed E-state index contributed by atoms with van der Waals surface area (Å²) in [5.74, 6) is -0.180. The number of nitrogens with zero attached hydrogens (tertiary/aromatic N) is 1. The number of urea groups is 1. The molecule has 7 heteroatoms. The molecule has 0 saturated heterocycles. The van der Waals surface area contributed by atoms with Crippen LogP contribution in [0.1, 0.15) is 35.3 Å². The summed E-state index contributed by atoms with van der Waals surface area (Å²) < 4.78 is 4.89. The maximum Gasteiger partial charge on any atom is 0.319 e. The quantitative estimate of drug-likeness (QED) is 0.634. The van der Waals surface area contributed by atoms with E-state index in [1.54, 1.807) is 43.8 Å². The summed E-state index contributed by atoms with van der Waals surface area (Å²) in [5, 5.41) is 8.44. The van der Waals surface area contributed by atoms with Crippen LogP contribution in [0.4, 0.5) is 10.5 Å². The van der Waals surface area contributed by atoms with Crippen LogP contribution >= 0.6 is 0 Å². The van der Waals surface area contributed by atoms with Crippen molar-refractivity contribution >= 4 is 17.6 Å². The average molecular weight is 356 g/mol. The first-order chi connectivity index (χ1) is 12.6. The number of hydrogen-bond donors (Lipinski definition) is 3. The van der Waals surface area contributed by atoms with E-state index in [-0.39, 0.29) is 18.0 Å². The smallest absolute Gasteiger partial charge is 0.319 e. The second-order valence-electron chi connectivity index (χ2n) is 5.67. The number of methoxy groups -OCH3 is 1. The number of ether oxygens (including phenoxy) is 1. The Labute approximate surface area is 153 Å². The number of carbonyl (C=O) groups is 2. The first-order valence-corrected chi connectivity index (χ1v) is 8.48. The van der Waals surface area contributed by atoms with E-state index in [0.717, 1.165) is 12.0 Å². The highest BCUT2D eigenvalue weighted by Crippen LogP contribution is 2.15. The van der Waals surface area contributed by atoms with Crippen LogP contribution in [-0.4, -0.2) is 37.2 Å². The van der Waals surface area contributed by atoms with Crippen LogP contribution in [0.3, 0.4) is 0 Å². The molecule has 26 heavy (non-hydrogen) atoms. The van der Waals surface area contributed by atoms with E-state index in [0.29, 0.717) is 24.4 Å². The number of benzene rings is 1. The first kappa shape index (κ1) is 19.4. The molecule has 0 saturated carbocycles. The molecule has 1 heterocycles. The van der Waals surface area contributed by atoms with Gasteiger partial charge in [-0.15, -0.1) is 0 Å². The number of anilines is 1. The molecule has 0 unspecified atom stereocenters. The van der Waals surface area contributed by atoms with Crippen LogP contribution in [0.5, 0.6) is 0 Å². The standard InChI is InChI=1S/C19H24N4O3/c1-3-17(15-5-4-10-20-13-15)23-19(25)22-16-8-6-14(7-9-16)18(24)21-11-12-26-2/h4-10,13,17H,3,11-12H2,1-2H3,(H,21,24)(H2,22,23,25)/t17-/m1/s1. The monoisotopic (exact) mass is 356 g/mol. The van der Waals surface area contributed by atoms with Crippen LogP contribution in [0, 0.1) is 0 Å². The Hall–Kier alpha value is -2.93. The van der Waals surface area contributed by atoms with Crippen LogP contribution in [0.15, 0.2) is 48.8 Å². The van der Waals surface area contributed by atoms with Gasteiger partial charge < -0.3 is 20.7 Å². The number of rotatable bonds is 8. The Bertz CT molecular complexity index is 704. The molecule has 0 aliphatic carbocycles. The molecule has 1 aromatic heterocycles. The minimum Gasteiger partial charge on any atom is -0.383 e. The maximum atomic E-state index is 12.2. The SMILES string of the molecule is CC[C@@H](NC(=O)Nc1ccc(C(=O)NCCOC)cc1)c1cccnc1. The van der Waals surface area contributed by atoms with Gasteiger partial charge in [0.1, 0.15) is 0 Å². The fourth-order valence-electron chi connectivity index (χ4n) is 2.40. The van der Waals surface area contributed by atoms with Gasteiger partial charge in [0.15, 0.2) is 0 Å². The van der Waals surface area contributed by atoms with Crippen molar-refractivity contribution in [2.24, 2.45) is 0 Å². The number of nitrogens with one attached hydrogen (secondary N) is 3. The van der Waals surface area contributed by atoms with E-state index in [1.807, 2.05) is 19.1 Å². The zero-order valence-corrected chi connectivity index (χ0v) is 15.0. The molecule has 0 bridgehead atoms. The first-order valence-electron chi connectivity index (χ1n) is 8.48. The highest BCUT2D eigenvalue weighted by atomic mass is 16.5. The Morgan fingerprint density at radius 2 is 1.96 bits per heavy atom. The van der Waals surface area contributed by atoms with Gasteiger partial charge in [-0.05, 0) is 42.3 Å². The largest absolute Gasteiger partial charge is 0.383 e. The van der Waals surface area contributed by atoms with Gasteiger partial charge in [-0.2, -0.15) is 0 Å². The minimum atomic E-state index is -0.307. The molecule has 0 aliphatic heterocycles. The molecule has 138 valence electrons. The second kappa shape index (κ2) is 10.1. The number of hydrogen-bond acceptors (Lipinski definition) is 4. The maximum absolute atomic E-state index is 12.2. The van der Waals surface area contributed by atoms with Crippen molar-refractivity contribution in [1.82, 2.24) is 15.6 Å². The van der Waals surface area contributed by atoms with Gasteiger partial charge in [0.2, 0.25) is 0 Å². The molecule has 3 amide bonds. The molecular formula is C19H24N4O3. The van der Waals surface area contributed by atoms with Crippen molar-refractivity contribution in [3.05, 3.63) is 59.9 Å².